The molecule has 0 fully saturated rings. The number of hydrogen-bond acceptors (Lipinski definition) is 2. The molecule has 0 saturated heterocycles. The van der Waals surface area contributed by atoms with Gasteiger partial charge in [0.1, 0.15) is 23.3 Å². The molecule has 0 saturated carbocycles. The van der Waals surface area contributed by atoms with E-state index < -0.39 is 0 Å². The van der Waals surface area contributed by atoms with E-state index in [0.717, 1.165) is 22.6 Å². The molecule has 0 spiro atoms. The molecule has 0 aliphatic carbocycles. The van der Waals surface area contributed by atoms with Gasteiger partial charge in [0.2, 0.25) is 0 Å². The van der Waals surface area contributed by atoms with E-state index >= 15 is 0 Å². The quantitative estimate of drug-likeness (QED) is 0.767. The summed E-state index contributed by atoms with van der Waals surface area (Å²) in [4.78, 5) is 4.52. The Morgan fingerprint density at radius 2 is 1.67 bits per heavy atom. The molecule has 0 N–H and O–H groups in total. The topological polar surface area (TPSA) is 41.6 Å². The van der Waals surface area contributed by atoms with Crippen molar-refractivity contribution >= 4 is 0 Å². The highest BCUT2D eigenvalue weighted by Gasteiger charge is 2.16. The number of imidazole rings is 1. The Kier molecular flexibility index (Phi) is 2.96. The minimum absolute atomic E-state index is 0.624. The molecule has 2 rings (SSSR count). The third-order valence-electron chi connectivity index (χ3n) is 3.52. The molecule has 3 nitrogen and oxygen atoms in total. The average Bonchev–Trinajstić information content (AvgIpc) is 2.60. The third kappa shape index (κ3) is 1.80. The second-order valence-electron chi connectivity index (χ2n) is 4.78. The fraction of sp³-hybridized carbons (Fsp3) is 0.333. The lowest BCUT2D eigenvalue weighted by Crippen LogP contribution is -1.95. The summed E-state index contributed by atoms with van der Waals surface area (Å²) in [5.41, 5.74) is 6.12. The van der Waals surface area contributed by atoms with Crippen LogP contribution < -0.4 is 0 Å². The van der Waals surface area contributed by atoms with Gasteiger partial charge in [-0.1, -0.05) is 6.07 Å². The Balaban J connectivity index is 2.74. The molecule has 0 bridgehead atoms. The van der Waals surface area contributed by atoms with Gasteiger partial charge in [-0.25, -0.2) is 4.98 Å². The van der Waals surface area contributed by atoms with Gasteiger partial charge in [0, 0.05) is 12.6 Å². The fourth-order valence-corrected chi connectivity index (χ4v) is 2.14. The predicted octanol–water partition coefficient (Wildman–Crippen LogP) is 3.19. The van der Waals surface area contributed by atoms with E-state index in [2.05, 4.69) is 44.0 Å². The van der Waals surface area contributed by atoms with Crippen LogP contribution >= 0.6 is 0 Å². The molecule has 0 atom stereocenters. The van der Waals surface area contributed by atoms with Crippen molar-refractivity contribution in [1.82, 2.24) is 9.55 Å². The van der Waals surface area contributed by atoms with Crippen LogP contribution in [-0.4, -0.2) is 9.55 Å². The molecular weight excluding hydrogens is 222 g/mol. The van der Waals surface area contributed by atoms with Crippen LogP contribution in [0.2, 0.25) is 0 Å². The second kappa shape index (κ2) is 4.30. The first-order valence-electron chi connectivity index (χ1n) is 5.97. The van der Waals surface area contributed by atoms with Crippen molar-refractivity contribution in [2.45, 2.75) is 27.7 Å². The lowest BCUT2D eigenvalue weighted by molar-refractivity contribution is 0.845. The molecule has 1 aromatic heterocycles. The maximum absolute atomic E-state index is 9.28. The van der Waals surface area contributed by atoms with Crippen molar-refractivity contribution in [2.75, 3.05) is 0 Å². The molecule has 0 radical (unpaired) electrons. The first-order chi connectivity index (χ1) is 8.45. The minimum atomic E-state index is 0.624. The van der Waals surface area contributed by atoms with E-state index in [1.54, 1.807) is 0 Å². The molecule has 18 heavy (non-hydrogen) atoms. The lowest BCUT2D eigenvalue weighted by Gasteiger charge is -2.08. The van der Waals surface area contributed by atoms with Crippen LogP contribution in [0, 0.1) is 39.0 Å². The van der Waals surface area contributed by atoms with Gasteiger partial charge in [-0.2, -0.15) is 5.26 Å². The summed E-state index contributed by atoms with van der Waals surface area (Å²) < 4.78 is 1.84. The van der Waals surface area contributed by atoms with Gasteiger partial charge in [0.05, 0.1) is 0 Å². The van der Waals surface area contributed by atoms with Crippen LogP contribution in [0.15, 0.2) is 12.1 Å². The zero-order valence-corrected chi connectivity index (χ0v) is 11.5. The van der Waals surface area contributed by atoms with Crippen LogP contribution in [0.5, 0.6) is 0 Å². The number of aromatic nitrogens is 2. The number of benzene rings is 1. The van der Waals surface area contributed by atoms with Gasteiger partial charge in [0.15, 0.2) is 0 Å². The molecule has 0 unspecified atom stereocenters. The summed E-state index contributed by atoms with van der Waals surface area (Å²) in [6.07, 6.45) is 0. The van der Waals surface area contributed by atoms with Crippen LogP contribution in [0.3, 0.4) is 0 Å². The average molecular weight is 239 g/mol. The Bertz CT molecular complexity index is 657. The van der Waals surface area contributed by atoms with Gasteiger partial charge < -0.3 is 4.57 Å². The first-order valence-corrected chi connectivity index (χ1v) is 5.97. The Morgan fingerprint density at radius 3 is 2.28 bits per heavy atom. The molecule has 1 heterocycles. The Morgan fingerprint density at radius 1 is 1.06 bits per heavy atom. The Labute approximate surface area is 108 Å². The minimum Gasteiger partial charge on any atom is -0.323 e. The molecule has 0 aliphatic rings. The van der Waals surface area contributed by atoms with Crippen LogP contribution in [-0.2, 0) is 7.05 Å². The van der Waals surface area contributed by atoms with Crippen molar-refractivity contribution in [1.29, 1.82) is 5.26 Å². The molecular formula is C15H17N3. The van der Waals surface area contributed by atoms with Gasteiger partial charge in [0.25, 0.3) is 0 Å². The predicted molar refractivity (Wildman–Crippen MR) is 72.3 cm³/mol. The van der Waals surface area contributed by atoms with Crippen molar-refractivity contribution in [3.8, 4) is 17.3 Å². The number of hydrogen-bond donors (Lipinski definition) is 0. The monoisotopic (exact) mass is 239 g/mol. The van der Waals surface area contributed by atoms with Gasteiger partial charge >= 0.3 is 0 Å². The van der Waals surface area contributed by atoms with E-state index in [1.165, 1.54) is 11.1 Å². The Hall–Kier alpha value is -2.08. The normalized spacial score (nSPS) is 10.4. The number of nitrogens with zero attached hydrogens (tertiary/aromatic N) is 3. The van der Waals surface area contributed by atoms with Crippen molar-refractivity contribution in [3.05, 3.63) is 40.3 Å². The number of rotatable bonds is 1. The molecule has 92 valence electrons. The highest BCUT2D eigenvalue weighted by molar-refractivity contribution is 5.70. The maximum atomic E-state index is 9.28. The zero-order chi connectivity index (χ0) is 13.4. The summed E-state index contributed by atoms with van der Waals surface area (Å²) >= 11 is 0. The highest BCUT2D eigenvalue weighted by Crippen LogP contribution is 2.28. The summed E-state index contributed by atoms with van der Waals surface area (Å²) in [7, 11) is 1.88. The maximum Gasteiger partial charge on any atom is 0.147 e. The van der Waals surface area contributed by atoms with Crippen LogP contribution in [0.1, 0.15) is 28.2 Å². The molecule has 3 heteroatoms. The van der Waals surface area contributed by atoms with E-state index in [-0.39, 0.29) is 0 Å². The standard InChI is InChI=1S/C15H17N3/c1-9-6-11(3)13(7-10(9)2)15-14(8-16)18(5)12(4)17-15/h6-7H,1-5H3. The molecule has 0 aliphatic heterocycles. The van der Waals surface area contributed by atoms with E-state index in [9.17, 15) is 5.26 Å². The SMILES string of the molecule is Cc1cc(C)c(-c2nc(C)n(C)c2C#N)cc1C. The molecule has 0 amide bonds. The highest BCUT2D eigenvalue weighted by atomic mass is 15.1. The van der Waals surface area contributed by atoms with Crippen molar-refractivity contribution in [2.24, 2.45) is 7.05 Å². The van der Waals surface area contributed by atoms with Crippen molar-refractivity contribution in [3.63, 3.8) is 0 Å². The van der Waals surface area contributed by atoms with E-state index in [4.69, 9.17) is 0 Å². The molecule has 2 aromatic rings. The fourth-order valence-electron chi connectivity index (χ4n) is 2.14. The molecule has 1 aromatic carbocycles. The number of nitriles is 1. The largest absolute Gasteiger partial charge is 0.323 e. The lowest BCUT2D eigenvalue weighted by atomic mass is 9.98. The first kappa shape index (κ1) is 12.4. The van der Waals surface area contributed by atoms with Gasteiger partial charge in [-0.05, 0) is 50.5 Å². The smallest absolute Gasteiger partial charge is 0.147 e. The van der Waals surface area contributed by atoms with Crippen LogP contribution in [0.4, 0.5) is 0 Å². The van der Waals surface area contributed by atoms with E-state index in [0.29, 0.717) is 5.69 Å². The number of aryl methyl sites for hydroxylation is 4. The summed E-state index contributed by atoms with van der Waals surface area (Å²) in [6.45, 7) is 8.16. The van der Waals surface area contributed by atoms with Gasteiger partial charge in [-0.3, -0.25) is 0 Å². The zero-order valence-electron chi connectivity index (χ0n) is 11.5. The summed E-state index contributed by atoms with van der Waals surface area (Å²) in [5.74, 6) is 0.860. The summed E-state index contributed by atoms with van der Waals surface area (Å²) in [6, 6.07) is 6.51. The van der Waals surface area contributed by atoms with Gasteiger partial charge in [-0.15, -0.1) is 0 Å². The van der Waals surface area contributed by atoms with Crippen LogP contribution in [0.25, 0.3) is 11.3 Å². The summed E-state index contributed by atoms with van der Waals surface area (Å²) in [5, 5.41) is 9.28. The van der Waals surface area contributed by atoms with Crippen molar-refractivity contribution < 1.29 is 0 Å². The second-order valence-corrected chi connectivity index (χ2v) is 4.78. The van der Waals surface area contributed by atoms with E-state index in [1.807, 2.05) is 18.5 Å². The third-order valence-corrected chi connectivity index (χ3v) is 3.52.